The van der Waals surface area contributed by atoms with E-state index in [1.165, 1.54) is 32.6 Å². The maximum Gasteiger partial charge on any atom is 0.302 e. The second kappa shape index (κ2) is 8.63. The predicted octanol–water partition coefficient (Wildman–Crippen LogP) is 5.20. The number of aliphatic hydroxyl groups is 2. The normalized spacial score (nSPS) is 50.2. The fourth-order valence-corrected chi connectivity index (χ4v) is 9.66. The van der Waals surface area contributed by atoms with Crippen molar-refractivity contribution in [1.29, 1.82) is 0 Å². The van der Waals surface area contributed by atoms with Crippen LogP contribution in [0.15, 0.2) is 0 Å². The van der Waals surface area contributed by atoms with Gasteiger partial charge in [-0.1, -0.05) is 34.1 Å². The Balaban J connectivity index is 1.62. The van der Waals surface area contributed by atoms with E-state index < -0.39 is 0 Å². The first-order chi connectivity index (χ1) is 14.7. The predicted molar refractivity (Wildman–Crippen MR) is 122 cm³/mol. The molecule has 4 heteroatoms. The minimum Gasteiger partial charge on any atom is -0.463 e. The van der Waals surface area contributed by atoms with Crippen LogP contribution in [0.25, 0.3) is 0 Å². The number of hydrogen-bond donors (Lipinski definition) is 2. The third-order valence-electron chi connectivity index (χ3n) is 11.0. The van der Waals surface area contributed by atoms with E-state index >= 15 is 0 Å². The van der Waals surface area contributed by atoms with Crippen LogP contribution in [0.4, 0.5) is 0 Å². The summed E-state index contributed by atoms with van der Waals surface area (Å²) in [4.78, 5) is 11.6. The molecule has 0 aromatic heterocycles. The summed E-state index contributed by atoms with van der Waals surface area (Å²) in [7, 11) is 0. The van der Waals surface area contributed by atoms with E-state index in [1.807, 2.05) is 0 Å². The Morgan fingerprint density at radius 3 is 2.39 bits per heavy atom. The van der Waals surface area contributed by atoms with Gasteiger partial charge in [0.15, 0.2) is 0 Å². The van der Waals surface area contributed by atoms with Crippen LogP contribution in [0.1, 0.15) is 92.4 Å². The second-order valence-corrected chi connectivity index (χ2v) is 12.2. The number of rotatable bonds is 5. The van der Waals surface area contributed by atoms with Gasteiger partial charge in [0.25, 0.3) is 0 Å². The van der Waals surface area contributed by atoms with Gasteiger partial charge < -0.3 is 14.9 Å². The fraction of sp³-hybridized carbons (Fsp3) is 0.963. The quantitative estimate of drug-likeness (QED) is 0.584. The molecule has 11 atom stereocenters. The van der Waals surface area contributed by atoms with E-state index in [-0.39, 0.29) is 30.2 Å². The molecule has 178 valence electrons. The number of carbonyl (C=O) groups is 1. The summed E-state index contributed by atoms with van der Waals surface area (Å²) in [5, 5.41) is 21.4. The largest absolute Gasteiger partial charge is 0.463 e. The van der Waals surface area contributed by atoms with Crippen molar-refractivity contribution in [3.63, 3.8) is 0 Å². The fourth-order valence-electron chi connectivity index (χ4n) is 9.66. The molecule has 0 aliphatic heterocycles. The molecule has 4 fully saturated rings. The van der Waals surface area contributed by atoms with Gasteiger partial charge in [-0.3, -0.25) is 4.79 Å². The van der Waals surface area contributed by atoms with Crippen molar-refractivity contribution in [2.24, 2.45) is 52.3 Å². The molecular formula is C27H46O4. The molecule has 5 unspecified atom stereocenters. The van der Waals surface area contributed by atoms with Crippen LogP contribution in [0.3, 0.4) is 0 Å². The topological polar surface area (TPSA) is 66.8 Å². The van der Waals surface area contributed by atoms with Crippen LogP contribution in [-0.4, -0.2) is 35.0 Å². The van der Waals surface area contributed by atoms with Crippen LogP contribution < -0.4 is 0 Å². The lowest BCUT2D eigenvalue weighted by Crippen LogP contribution is -2.62. The van der Waals surface area contributed by atoms with Crippen molar-refractivity contribution in [2.75, 3.05) is 6.61 Å². The van der Waals surface area contributed by atoms with Gasteiger partial charge in [-0.25, -0.2) is 0 Å². The van der Waals surface area contributed by atoms with Gasteiger partial charge in [0.1, 0.15) is 6.10 Å². The van der Waals surface area contributed by atoms with Crippen molar-refractivity contribution in [1.82, 2.24) is 0 Å². The molecule has 0 aromatic rings. The average Bonchev–Trinajstić information content (AvgIpc) is 3.06. The van der Waals surface area contributed by atoms with E-state index in [2.05, 4.69) is 27.7 Å². The minimum atomic E-state index is -0.235. The molecule has 4 aliphatic carbocycles. The third kappa shape index (κ3) is 3.68. The highest BCUT2D eigenvalue weighted by molar-refractivity contribution is 5.66. The zero-order chi connectivity index (χ0) is 22.6. The highest BCUT2D eigenvalue weighted by atomic mass is 16.5. The Hall–Kier alpha value is -0.610. The summed E-state index contributed by atoms with van der Waals surface area (Å²) in [5.74, 6) is 3.40. The lowest BCUT2D eigenvalue weighted by atomic mass is 9.41. The molecule has 4 rings (SSSR count). The van der Waals surface area contributed by atoms with Crippen LogP contribution in [-0.2, 0) is 9.53 Å². The summed E-state index contributed by atoms with van der Waals surface area (Å²) >= 11 is 0. The molecule has 0 spiro atoms. The molecule has 4 aliphatic rings. The van der Waals surface area contributed by atoms with Crippen molar-refractivity contribution in [3.05, 3.63) is 0 Å². The summed E-state index contributed by atoms with van der Waals surface area (Å²) in [6.07, 6.45) is 9.69. The summed E-state index contributed by atoms with van der Waals surface area (Å²) < 4.78 is 5.66. The number of esters is 1. The maximum absolute atomic E-state index is 11.8. The Morgan fingerprint density at radius 1 is 1.06 bits per heavy atom. The van der Waals surface area contributed by atoms with E-state index in [0.29, 0.717) is 46.8 Å². The zero-order valence-corrected chi connectivity index (χ0v) is 20.5. The minimum absolute atomic E-state index is 0.0254. The molecular weight excluding hydrogens is 388 g/mol. The van der Waals surface area contributed by atoms with Crippen LogP contribution in [0, 0.1) is 52.3 Å². The summed E-state index contributed by atoms with van der Waals surface area (Å²) in [6.45, 7) is 11.4. The van der Waals surface area contributed by atoms with Crippen LogP contribution >= 0.6 is 0 Å². The van der Waals surface area contributed by atoms with Crippen molar-refractivity contribution in [2.45, 2.75) is 105 Å². The molecule has 2 N–H and O–H groups in total. The van der Waals surface area contributed by atoms with E-state index in [1.54, 1.807) is 0 Å². The molecule has 4 saturated carbocycles. The van der Waals surface area contributed by atoms with Crippen LogP contribution in [0.5, 0.6) is 0 Å². The lowest BCUT2D eigenvalue weighted by Gasteiger charge is -2.64. The first-order valence-corrected chi connectivity index (χ1v) is 13.1. The van der Waals surface area contributed by atoms with Gasteiger partial charge in [0.2, 0.25) is 0 Å². The molecule has 4 nitrogen and oxygen atoms in total. The highest BCUT2D eigenvalue weighted by Crippen LogP contribution is 2.69. The van der Waals surface area contributed by atoms with Gasteiger partial charge in [0, 0.05) is 13.5 Å². The molecule has 0 saturated heterocycles. The van der Waals surface area contributed by atoms with Crippen LogP contribution in [0.2, 0.25) is 0 Å². The first kappa shape index (κ1) is 23.5. The molecule has 0 amide bonds. The average molecular weight is 435 g/mol. The number of hydrogen-bond acceptors (Lipinski definition) is 4. The highest BCUT2D eigenvalue weighted by Gasteiger charge is 2.65. The number of aliphatic hydroxyl groups excluding tert-OH is 2. The standard InChI is InChI=1S/C27H46O4/c1-6-19-23-15-18(31-17(3)29)9-12-27(23,5)22-10-13-26(4)20(16(2)11-14-28)7-8-21(26)24(22)25(19)30/h16,18-25,28,30H,6-15H2,1-5H3/t16-,18-,19?,20-,21?,22?,23?,24?,25-,26-,27-/m1/s1. The Labute approximate surface area is 189 Å². The maximum atomic E-state index is 11.8. The summed E-state index contributed by atoms with van der Waals surface area (Å²) in [6, 6.07) is 0. The van der Waals surface area contributed by atoms with Gasteiger partial charge in [-0.15, -0.1) is 0 Å². The molecule has 0 aromatic carbocycles. The summed E-state index contributed by atoms with van der Waals surface area (Å²) in [5.41, 5.74) is 0.546. The second-order valence-electron chi connectivity index (χ2n) is 12.2. The molecule has 0 heterocycles. The van der Waals surface area contributed by atoms with Crippen molar-refractivity contribution in [3.8, 4) is 0 Å². The third-order valence-corrected chi connectivity index (χ3v) is 11.0. The van der Waals surface area contributed by atoms with Gasteiger partial charge >= 0.3 is 5.97 Å². The number of carbonyl (C=O) groups excluding carboxylic acids is 1. The van der Waals surface area contributed by atoms with Crippen molar-refractivity contribution < 1.29 is 19.7 Å². The monoisotopic (exact) mass is 434 g/mol. The zero-order valence-electron chi connectivity index (χ0n) is 20.5. The van der Waals surface area contributed by atoms with E-state index in [4.69, 9.17) is 4.74 Å². The Bertz CT molecular complexity index is 664. The van der Waals surface area contributed by atoms with E-state index in [9.17, 15) is 15.0 Å². The smallest absolute Gasteiger partial charge is 0.302 e. The van der Waals surface area contributed by atoms with Gasteiger partial charge in [0.05, 0.1) is 6.10 Å². The molecule has 0 bridgehead atoms. The lowest BCUT2D eigenvalue weighted by molar-refractivity contribution is -0.207. The van der Waals surface area contributed by atoms with E-state index in [0.717, 1.165) is 32.1 Å². The molecule has 0 radical (unpaired) electrons. The SMILES string of the molecule is CCC1C2C[C@H](OC(C)=O)CC[C@]2(C)C2CC[C@@]3(C)C(CC[C@@H]3[C@H](C)CCO)C2[C@@H]1O. The number of fused-ring (bicyclic) bond motifs is 5. The number of ether oxygens (including phenoxy) is 1. The first-order valence-electron chi connectivity index (χ1n) is 13.1. The Kier molecular flexibility index (Phi) is 6.55. The van der Waals surface area contributed by atoms with Gasteiger partial charge in [-0.2, -0.15) is 0 Å². The van der Waals surface area contributed by atoms with Crippen molar-refractivity contribution >= 4 is 5.97 Å². The Morgan fingerprint density at radius 2 is 1.74 bits per heavy atom. The van der Waals surface area contributed by atoms with Gasteiger partial charge in [-0.05, 0) is 104 Å². The molecule has 31 heavy (non-hydrogen) atoms.